The molecule has 0 bridgehead atoms. The second-order valence-corrected chi connectivity index (χ2v) is 4.31. The largest absolute Gasteiger partial charge is 0.508 e. The van der Waals surface area contributed by atoms with Crippen LogP contribution in [0.2, 0.25) is 0 Å². The predicted octanol–water partition coefficient (Wildman–Crippen LogP) is 2.71. The van der Waals surface area contributed by atoms with Crippen molar-refractivity contribution >= 4 is 12.4 Å². The van der Waals surface area contributed by atoms with Gasteiger partial charge in [0, 0.05) is 11.6 Å². The maximum absolute atomic E-state index is 9.67. The predicted molar refractivity (Wildman–Crippen MR) is 65.9 cm³/mol. The molecular weight excluding hydrogens is 226 g/mol. The van der Waals surface area contributed by atoms with Crippen molar-refractivity contribution in [3.8, 4) is 11.5 Å². The molecule has 4 N–H and O–H groups in total. The van der Waals surface area contributed by atoms with Gasteiger partial charge in [-0.05, 0) is 37.0 Å². The van der Waals surface area contributed by atoms with Gasteiger partial charge in [0.15, 0.2) is 0 Å². The van der Waals surface area contributed by atoms with Crippen molar-refractivity contribution in [2.45, 2.75) is 31.7 Å². The molecule has 0 amide bonds. The van der Waals surface area contributed by atoms with Crippen molar-refractivity contribution < 1.29 is 10.2 Å². The number of hydrogen-bond acceptors (Lipinski definition) is 3. The molecule has 1 aromatic rings. The topological polar surface area (TPSA) is 66.5 Å². The Balaban J connectivity index is 0.00000128. The summed E-state index contributed by atoms with van der Waals surface area (Å²) >= 11 is 0. The van der Waals surface area contributed by atoms with Gasteiger partial charge in [-0.3, -0.25) is 0 Å². The van der Waals surface area contributed by atoms with Crippen molar-refractivity contribution in [2.24, 2.45) is 11.7 Å². The minimum atomic E-state index is -0.153. The number of halogens is 1. The first-order chi connectivity index (χ1) is 7.18. The minimum Gasteiger partial charge on any atom is -0.508 e. The first-order valence-electron chi connectivity index (χ1n) is 5.46. The molecule has 3 nitrogen and oxygen atoms in total. The average molecular weight is 244 g/mol. The molecule has 2 rings (SSSR count). The molecule has 1 saturated carbocycles. The highest BCUT2D eigenvalue weighted by Gasteiger charge is 2.25. The Morgan fingerprint density at radius 3 is 2.44 bits per heavy atom. The summed E-state index contributed by atoms with van der Waals surface area (Å²) in [6, 6.07) is 4.39. The summed E-state index contributed by atoms with van der Waals surface area (Å²) in [7, 11) is 0. The lowest BCUT2D eigenvalue weighted by molar-refractivity contribution is 0.407. The maximum atomic E-state index is 9.67. The first-order valence-corrected chi connectivity index (χ1v) is 5.46. The summed E-state index contributed by atoms with van der Waals surface area (Å²) in [5, 5.41) is 19.0. The fraction of sp³-hybridized carbons (Fsp3) is 0.500. The van der Waals surface area contributed by atoms with Crippen LogP contribution in [-0.4, -0.2) is 10.2 Å². The van der Waals surface area contributed by atoms with E-state index in [0.717, 1.165) is 12.8 Å². The third kappa shape index (κ3) is 2.60. The van der Waals surface area contributed by atoms with Crippen molar-refractivity contribution in [2.75, 3.05) is 0 Å². The van der Waals surface area contributed by atoms with Crippen LogP contribution < -0.4 is 5.73 Å². The summed E-state index contributed by atoms with van der Waals surface area (Å²) < 4.78 is 0. The van der Waals surface area contributed by atoms with Gasteiger partial charge in [0.05, 0.1) is 0 Å². The maximum Gasteiger partial charge on any atom is 0.120 e. The molecular formula is C12H18ClNO2. The summed E-state index contributed by atoms with van der Waals surface area (Å²) in [5.41, 5.74) is 6.77. The Labute approximate surface area is 102 Å². The van der Waals surface area contributed by atoms with Gasteiger partial charge >= 0.3 is 0 Å². The Hall–Kier alpha value is -0.930. The standard InChI is InChI=1S/C12H17NO2.ClH/c13-12(8-3-1-2-4-8)10-7-9(14)5-6-11(10)15;/h5-8,12,14-15H,1-4,13H2;1H/t12-;/m0./s1. The Bertz CT molecular complexity index is 351. The molecule has 1 atom stereocenters. The third-order valence-corrected chi connectivity index (χ3v) is 3.28. The highest BCUT2D eigenvalue weighted by atomic mass is 35.5. The van der Waals surface area contributed by atoms with Crippen molar-refractivity contribution in [3.63, 3.8) is 0 Å². The molecule has 0 spiro atoms. The highest BCUT2D eigenvalue weighted by Crippen LogP contribution is 2.38. The van der Waals surface area contributed by atoms with Crippen LogP contribution in [0.1, 0.15) is 37.3 Å². The molecule has 16 heavy (non-hydrogen) atoms. The Morgan fingerprint density at radius 2 is 1.81 bits per heavy atom. The van der Waals surface area contributed by atoms with E-state index in [1.54, 1.807) is 6.07 Å². The fourth-order valence-electron chi connectivity index (χ4n) is 2.38. The van der Waals surface area contributed by atoms with Crippen molar-refractivity contribution in [3.05, 3.63) is 23.8 Å². The molecule has 0 aromatic heterocycles. The monoisotopic (exact) mass is 243 g/mol. The van der Waals surface area contributed by atoms with Gasteiger partial charge < -0.3 is 15.9 Å². The second-order valence-electron chi connectivity index (χ2n) is 4.31. The third-order valence-electron chi connectivity index (χ3n) is 3.28. The molecule has 0 heterocycles. The van der Waals surface area contributed by atoms with Gasteiger partial charge in [-0.2, -0.15) is 0 Å². The van der Waals surface area contributed by atoms with Gasteiger partial charge in [0.1, 0.15) is 11.5 Å². The van der Waals surface area contributed by atoms with Crippen LogP contribution in [0, 0.1) is 5.92 Å². The van der Waals surface area contributed by atoms with Gasteiger partial charge in [-0.15, -0.1) is 12.4 Å². The zero-order valence-electron chi connectivity index (χ0n) is 9.10. The molecule has 0 unspecified atom stereocenters. The smallest absolute Gasteiger partial charge is 0.120 e. The number of benzene rings is 1. The van der Waals surface area contributed by atoms with E-state index in [2.05, 4.69) is 0 Å². The summed E-state index contributed by atoms with van der Waals surface area (Å²) in [4.78, 5) is 0. The Morgan fingerprint density at radius 1 is 1.19 bits per heavy atom. The lowest BCUT2D eigenvalue weighted by atomic mass is 9.92. The van der Waals surface area contributed by atoms with Gasteiger partial charge in [0.25, 0.3) is 0 Å². The van der Waals surface area contributed by atoms with Crippen LogP contribution >= 0.6 is 12.4 Å². The lowest BCUT2D eigenvalue weighted by Crippen LogP contribution is -2.19. The van der Waals surface area contributed by atoms with Crippen molar-refractivity contribution in [1.82, 2.24) is 0 Å². The zero-order chi connectivity index (χ0) is 10.8. The number of nitrogens with two attached hydrogens (primary N) is 1. The van der Waals surface area contributed by atoms with Gasteiger partial charge in [-0.25, -0.2) is 0 Å². The first kappa shape index (κ1) is 13.1. The lowest BCUT2D eigenvalue weighted by Gasteiger charge is -2.20. The molecule has 1 aromatic carbocycles. The molecule has 0 aliphatic heterocycles. The molecule has 1 fully saturated rings. The number of phenolic OH excluding ortho intramolecular Hbond substituents is 2. The van der Waals surface area contributed by atoms with Crippen LogP contribution in [0.3, 0.4) is 0 Å². The van der Waals surface area contributed by atoms with E-state index < -0.39 is 0 Å². The molecule has 0 radical (unpaired) electrons. The van der Waals surface area contributed by atoms with Crippen LogP contribution in [0.5, 0.6) is 11.5 Å². The quantitative estimate of drug-likeness (QED) is 0.700. The van der Waals surface area contributed by atoms with E-state index in [9.17, 15) is 10.2 Å². The molecule has 4 heteroatoms. The van der Waals surface area contributed by atoms with Crippen LogP contribution in [0.4, 0.5) is 0 Å². The normalized spacial score (nSPS) is 18.1. The summed E-state index contributed by atoms with van der Waals surface area (Å²) in [5.74, 6) is 0.793. The minimum absolute atomic E-state index is 0. The number of phenols is 2. The molecule has 0 saturated heterocycles. The molecule has 1 aliphatic carbocycles. The number of hydrogen-bond donors (Lipinski definition) is 3. The van der Waals surface area contributed by atoms with E-state index in [1.807, 2.05) is 0 Å². The van der Waals surface area contributed by atoms with E-state index in [1.165, 1.54) is 25.0 Å². The SMILES string of the molecule is Cl.N[C@H](c1cc(O)ccc1O)C1CCCC1. The summed E-state index contributed by atoms with van der Waals surface area (Å²) in [6.45, 7) is 0. The van der Waals surface area contributed by atoms with Gasteiger partial charge in [0.2, 0.25) is 0 Å². The van der Waals surface area contributed by atoms with Gasteiger partial charge in [-0.1, -0.05) is 12.8 Å². The van der Waals surface area contributed by atoms with Crippen LogP contribution in [0.15, 0.2) is 18.2 Å². The fourth-order valence-corrected chi connectivity index (χ4v) is 2.38. The second kappa shape index (κ2) is 5.41. The van der Waals surface area contributed by atoms with Crippen LogP contribution in [0.25, 0.3) is 0 Å². The van der Waals surface area contributed by atoms with E-state index in [4.69, 9.17) is 5.73 Å². The van der Waals surface area contributed by atoms with E-state index in [0.29, 0.717) is 11.5 Å². The molecule has 90 valence electrons. The van der Waals surface area contributed by atoms with Crippen molar-refractivity contribution in [1.29, 1.82) is 0 Å². The number of rotatable bonds is 2. The van der Waals surface area contributed by atoms with E-state index >= 15 is 0 Å². The summed E-state index contributed by atoms with van der Waals surface area (Å²) in [6.07, 6.45) is 4.68. The number of aromatic hydroxyl groups is 2. The highest BCUT2D eigenvalue weighted by molar-refractivity contribution is 5.85. The van der Waals surface area contributed by atoms with E-state index in [-0.39, 0.29) is 29.9 Å². The Kier molecular flexibility index (Phi) is 4.44. The van der Waals surface area contributed by atoms with Crippen LogP contribution in [-0.2, 0) is 0 Å². The average Bonchev–Trinajstić information content (AvgIpc) is 2.74. The zero-order valence-corrected chi connectivity index (χ0v) is 9.91. The molecule has 1 aliphatic rings.